The summed E-state index contributed by atoms with van der Waals surface area (Å²) in [7, 11) is 0. The Morgan fingerprint density at radius 1 is 1.00 bits per heavy atom. The van der Waals surface area contributed by atoms with Crippen molar-refractivity contribution in [2.45, 2.75) is 0 Å². The van der Waals surface area contributed by atoms with Crippen LogP contribution in [0.15, 0.2) is 59.0 Å². The van der Waals surface area contributed by atoms with Gasteiger partial charge in [0.2, 0.25) is 5.78 Å². The first-order valence-corrected chi connectivity index (χ1v) is 7.62. The highest BCUT2D eigenvalue weighted by atomic mass is 35.5. The van der Waals surface area contributed by atoms with Crippen LogP contribution in [-0.4, -0.2) is 5.78 Å². The van der Waals surface area contributed by atoms with Crippen LogP contribution in [0.5, 0.6) is 0 Å². The molecule has 0 atom stereocenters. The number of fused-ring (bicyclic) bond motifs is 2. The van der Waals surface area contributed by atoms with E-state index in [2.05, 4.69) is 0 Å². The number of benzene rings is 2. The van der Waals surface area contributed by atoms with Crippen LogP contribution >= 0.6 is 22.9 Å². The van der Waals surface area contributed by atoms with Gasteiger partial charge < -0.3 is 4.42 Å². The van der Waals surface area contributed by atoms with E-state index >= 15 is 0 Å². The first-order chi connectivity index (χ1) is 10.2. The molecule has 0 N–H and O–H groups in total. The summed E-state index contributed by atoms with van der Waals surface area (Å²) in [5.41, 5.74) is 0.670. The summed E-state index contributed by atoms with van der Waals surface area (Å²) in [5.74, 6) is 0.252. The van der Waals surface area contributed by atoms with Crippen LogP contribution in [0.2, 0.25) is 5.02 Å². The number of ketones is 1. The first kappa shape index (κ1) is 12.6. The van der Waals surface area contributed by atoms with Gasteiger partial charge in [0, 0.05) is 15.1 Å². The van der Waals surface area contributed by atoms with Crippen molar-refractivity contribution in [1.29, 1.82) is 0 Å². The third-order valence-corrected chi connectivity index (χ3v) is 4.70. The van der Waals surface area contributed by atoms with Crippen LogP contribution in [0, 0.1) is 0 Å². The van der Waals surface area contributed by atoms with Crippen molar-refractivity contribution in [1.82, 2.24) is 0 Å². The maximum Gasteiger partial charge on any atom is 0.238 e. The van der Waals surface area contributed by atoms with Crippen molar-refractivity contribution < 1.29 is 9.21 Å². The number of thiophene rings is 1. The molecule has 4 heteroatoms. The van der Waals surface area contributed by atoms with E-state index in [1.165, 1.54) is 11.3 Å². The van der Waals surface area contributed by atoms with Gasteiger partial charge in [-0.3, -0.25) is 4.79 Å². The van der Waals surface area contributed by atoms with E-state index in [0.29, 0.717) is 21.2 Å². The highest BCUT2D eigenvalue weighted by Crippen LogP contribution is 2.29. The number of carbonyl (C=O) groups is 1. The van der Waals surface area contributed by atoms with Gasteiger partial charge in [0.15, 0.2) is 5.76 Å². The molecule has 2 heterocycles. The van der Waals surface area contributed by atoms with E-state index < -0.39 is 0 Å². The van der Waals surface area contributed by atoms with Gasteiger partial charge >= 0.3 is 0 Å². The fraction of sp³-hybridized carbons (Fsp3) is 0. The van der Waals surface area contributed by atoms with Crippen LogP contribution in [0.25, 0.3) is 21.1 Å². The van der Waals surface area contributed by atoms with Gasteiger partial charge in [-0.1, -0.05) is 29.8 Å². The molecular formula is C17H9ClO2S. The molecule has 0 bridgehead atoms. The second-order valence-corrected chi connectivity index (χ2v) is 6.29. The Labute approximate surface area is 129 Å². The van der Waals surface area contributed by atoms with E-state index in [1.807, 2.05) is 30.3 Å². The number of hydrogen-bond acceptors (Lipinski definition) is 3. The molecule has 0 fully saturated rings. The van der Waals surface area contributed by atoms with Crippen LogP contribution in [-0.2, 0) is 0 Å². The van der Waals surface area contributed by atoms with Gasteiger partial charge in [-0.05, 0) is 41.8 Å². The zero-order valence-electron chi connectivity index (χ0n) is 10.8. The fourth-order valence-corrected chi connectivity index (χ4v) is 3.53. The molecule has 2 aromatic heterocycles. The fourth-order valence-electron chi connectivity index (χ4n) is 2.34. The van der Waals surface area contributed by atoms with Crippen LogP contribution in [0.4, 0.5) is 0 Å². The van der Waals surface area contributed by atoms with E-state index in [9.17, 15) is 4.79 Å². The smallest absolute Gasteiger partial charge is 0.238 e. The SMILES string of the molecule is O=C(c1cc2cc(Cl)ccc2o1)c1cc2ccccc2s1. The average Bonchev–Trinajstić information content (AvgIpc) is 3.09. The van der Waals surface area contributed by atoms with Gasteiger partial charge in [-0.15, -0.1) is 11.3 Å². The van der Waals surface area contributed by atoms with Crippen molar-refractivity contribution >= 4 is 49.8 Å². The maximum atomic E-state index is 12.6. The predicted molar refractivity (Wildman–Crippen MR) is 86.5 cm³/mol. The number of carbonyl (C=O) groups excluding carboxylic acids is 1. The Bertz CT molecular complexity index is 948. The lowest BCUT2D eigenvalue weighted by Gasteiger charge is -1.90. The second-order valence-electron chi connectivity index (χ2n) is 4.77. The summed E-state index contributed by atoms with van der Waals surface area (Å²) < 4.78 is 6.73. The third-order valence-electron chi connectivity index (χ3n) is 3.35. The van der Waals surface area contributed by atoms with E-state index in [-0.39, 0.29) is 5.78 Å². The summed E-state index contributed by atoms with van der Waals surface area (Å²) in [6.07, 6.45) is 0. The molecule has 4 aromatic rings. The van der Waals surface area contributed by atoms with Gasteiger partial charge in [-0.2, -0.15) is 0 Å². The summed E-state index contributed by atoms with van der Waals surface area (Å²) in [6.45, 7) is 0. The zero-order chi connectivity index (χ0) is 14.4. The van der Waals surface area contributed by atoms with Crippen molar-refractivity contribution in [2.24, 2.45) is 0 Å². The van der Waals surface area contributed by atoms with E-state index in [1.54, 1.807) is 24.3 Å². The molecule has 0 amide bonds. The summed E-state index contributed by atoms with van der Waals surface area (Å²) in [4.78, 5) is 13.2. The minimum absolute atomic E-state index is 0.0940. The van der Waals surface area contributed by atoms with Gasteiger partial charge in [0.1, 0.15) is 5.58 Å². The predicted octanol–water partition coefficient (Wildman–Crippen LogP) is 5.53. The molecule has 0 radical (unpaired) electrons. The molecule has 4 rings (SSSR count). The molecule has 2 nitrogen and oxygen atoms in total. The molecule has 102 valence electrons. The quantitative estimate of drug-likeness (QED) is 0.455. The number of rotatable bonds is 2. The Kier molecular flexibility index (Phi) is 2.84. The zero-order valence-corrected chi connectivity index (χ0v) is 12.4. The van der Waals surface area contributed by atoms with Crippen LogP contribution < -0.4 is 0 Å². The standard InChI is InChI=1S/C17H9ClO2S/c18-12-5-6-13-11(7-12)8-14(20-13)17(19)16-9-10-3-1-2-4-15(10)21-16/h1-9H. The Morgan fingerprint density at radius 2 is 1.86 bits per heavy atom. The summed E-state index contributed by atoms with van der Waals surface area (Å²) >= 11 is 7.43. The van der Waals surface area contributed by atoms with Crippen molar-refractivity contribution in [3.8, 4) is 0 Å². The lowest BCUT2D eigenvalue weighted by Crippen LogP contribution is -1.95. The molecule has 0 unspecified atom stereocenters. The van der Waals surface area contributed by atoms with Gasteiger partial charge in [0.05, 0.1) is 4.88 Å². The van der Waals surface area contributed by atoms with Crippen molar-refractivity contribution in [2.75, 3.05) is 0 Å². The average molecular weight is 313 g/mol. The third kappa shape index (κ3) is 2.15. The van der Waals surface area contributed by atoms with E-state index in [0.717, 1.165) is 15.5 Å². The highest BCUT2D eigenvalue weighted by Gasteiger charge is 2.17. The second kappa shape index (κ2) is 4.72. The van der Waals surface area contributed by atoms with E-state index in [4.69, 9.17) is 16.0 Å². The summed E-state index contributed by atoms with van der Waals surface area (Å²) in [6, 6.07) is 16.9. The van der Waals surface area contributed by atoms with Gasteiger partial charge in [-0.25, -0.2) is 0 Å². The lowest BCUT2D eigenvalue weighted by molar-refractivity contribution is 0.101. The lowest BCUT2D eigenvalue weighted by atomic mass is 10.2. The number of furan rings is 1. The Hall–Kier alpha value is -2.10. The normalized spacial score (nSPS) is 11.3. The Morgan fingerprint density at radius 3 is 2.71 bits per heavy atom. The molecule has 0 aliphatic heterocycles. The minimum atomic E-state index is -0.0940. The minimum Gasteiger partial charge on any atom is -0.453 e. The van der Waals surface area contributed by atoms with Crippen molar-refractivity contribution in [3.63, 3.8) is 0 Å². The topological polar surface area (TPSA) is 30.2 Å². The molecule has 21 heavy (non-hydrogen) atoms. The number of halogens is 1. The molecular weight excluding hydrogens is 304 g/mol. The molecule has 2 aromatic carbocycles. The maximum absolute atomic E-state index is 12.6. The number of hydrogen-bond donors (Lipinski definition) is 0. The molecule has 0 aliphatic rings. The van der Waals surface area contributed by atoms with Crippen molar-refractivity contribution in [3.05, 3.63) is 70.3 Å². The molecule has 0 saturated carbocycles. The summed E-state index contributed by atoms with van der Waals surface area (Å²) in [5, 5.41) is 2.54. The highest BCUT2D eigenvalue weighted by molar-refractivity contribution is 7.21. The van der Waals surface area contributed by atoms with Crippen LogP contribution in [0.3, 0.4) is 0 Å². The Balaban J connectivity index is 1.81. The molecule has 0 aliphatic carbocycles. The molecule has 0 spiro atoms. The largest absolute Gasteiger partial charge is 0.453 e. The molecule has 0 saturated heterocycles. The first-order valence-electron chi connectivity index (χ1n) is 6.43. The monoisotopic (exact) mass is 312 g/mol. The van der Waals surface area contributed by atoms with Crippen LogP contribution in [0.1, 0.15) is 15.4 Å². The van der Waals surface area contributed by atoms with Gasteiger partial charge in [0.25, 0.3) is 0 Å².